The number of hydrogen-bond acceptors (Lipinski definition) is 4. The highest BCUT2D eigenvalue weighted by Gasteiger charge is 2.16. The molecule has 0 unspecified atom stereocenters. The van der Waals surface area contributed by atoms with E-state index in [0.717, 1.165) is 21.4 Å². The molecule has 5 nitrogen and oxygen atoms in total. The Bertz CT molecular complexity index is 607. The van der Waals surface area contributed by atoms with Crippen LogP contribution in [0.25, 0.3) is 5.69 Å². The summed E-state index contributed by atoms with van der Waals surface area (Å²) in [7, 11) is 1.35. The van der Waals surface area contributed by atoms with E-state index < -0.39 is 0 Å². The van der Waals surface area contributed by atoms with Crippen LogP contribution in [-0.2, 0) is 4.74 Å². The van der Waals surface area contributed by atoms with E-state index in [0.29, 0.717) is 5.56 Å². The molecule has 0 N–H and O–H groups in total. The quantitative estimate of drug-likeness (QED) is 0.800. The maximum atomic E-state index is 11.5. The molecule has 0 aliphatic carbocycles. The van der Waals surface area contributed by atoms with Crippen molar-refractivity contribution in [3.05, 3.63) is 39.9 Å². The van der Waals surface area contributed by atoms with Crippen molar-refractivity contribution in [3.63, 3.8) is 0 Å². The number of esters is 1. The van der Waals surface area contributed by atoms with Crippen LogP contribution in [-0.4, -0.2) is 27.8 Å². The highest BCUT2D eigenvalue weighted by Crippen LogP contribution is 2.23. The second kappa shape index (κ2) is 4.89. The second-order valence-electron chi connectivity index (χ2n) is 3.81. The SMILES string of the molecule is COC(=O)c1cnn(-c2cncc(Br)c2C)c1C. The minimum absolute atomic E-state index is 0.389. The summed E-state index contributed by atoms with van der Waals surface area (Å²) < 4.78 is 7.28. The topological polar surface area (TPSA) is 57.0 Å². The van der Waals surface area contributed by atoms with Crippen LogP contribution < -0.4 is 0 Å². The molecule has 0 saturated heterocycles. The molecule has 2 heterocycles. The fourth-order valence-corrected chi connectivity index (χ4v) is 1.99. The molecule has 0 aliphatic rings. The van der Waals surface area contributed by atoms with E-state index in [2.05, 4.69) is 26.0 Å². The van der Waals surface area contributed by atoms with Crippen molar-refractivity contribution in [2.24, 2.45) is 0 Å². The third-order valence-electron chi connectivity index (χ3n) is 2.77. The summed E-state index contributed by atoms with van der Waals surface area (Å²) in [4.78, 5) is 15.6. The average Bonchev–Trinajstić information content (AvgIpc) is 2.74. The first kappa shape index (κ1) is 12.8. The first-order chi connectivity index (χ1) is 8.56. The summed E-state index contributed by atoms with van der Waals surface area (Å²) in [5.41, 5.74) is 3.02. The van der Waals surface area contributed by atoms with E-state index in [1.807, 2.05) is 13.8 Å². The van der Waals surface area contributed by atoms with Gasteiger partial charge in [0.05, 0.1) is 30.9 Å². The zero-order chi connectivity index (χ0) is 13.3. The van der Waals surface area contributed by atoms with Gasteiger partial charge in [-0.05, 0) is 35.3 Å². The Labute approximate surface area is 113 Å². The predicted molar refractivity (Wildman–Crippen MR) is 69.9 cm³/mol. The maximum absolute atomic E-state index is 11.5. The van der Waals surface area contributed by atoms with E-state index in [1.165, 1.54) is 13.3 Å². The lowest BCUT2D eigenvalue weighted by atomic mass is 10.2. The van der Waals surface area contributed by atoms with E-state index in [-0.39, 0.29) is 5.97 Å². The van der Waals surface area contributed by atoms with Crippen molar-refractivity contribution in [1.29, 1.82) is 0 Å². The number of rotatable bonds is 2. The summed E-state index contributed by atoms with van der Waals surface area (Å²) in [6.45, 7) is 3.78. The Kier molecular flexibility index (Phi) is 3.47. The van der Waals surface area contributed by atoms with Crippen molar-refractivity contribution >= 4 is 21.9 Å². The van der Waals surface area contributed by atoms with Crippen LogP contribution in [0.1, 0.15) is 21.6 Å². The van der Waals surface area contributed by atoms with Gasteiger partial charge < -0.3 is 4.74 Å². The molecule has 0 bridgehead atoms. The van der Waals surface area contributed by atoms with Crippen molar-refractivity contribution < 1.29 is 9.53 Å². The van der Waals surface area contributed by atoms with E-state index in [4.69, 9.17) is 4.74 Å². The molecule has 2 aromatic rings. The Morgan fingerprint density at radius 1 is 1.33 bits per heavy atom. The lowest BCUT2D eigenvalue weighted by Crippen LogP contribution is -2.06. The number of ether oxygens (including phenoxy) is 1. The fraction of sp³-hybridized carbons (Fsp3) is 0.250. The van der Waals surface area contributed by atoms with Gasteiger partial charge in [-0.1, -0.05) is 0 Å². The highest BCUT2D eigenvalue weighted by atomic mass is 79.9. The molecule has 0 spiro atoms. The van der Waals surface area contributed by atoms with Gasteiger partial charge in [0.2, 0.25) is 0 Å². The normalized spacial score (nSPS) is 10.4. The molecule has 0 atom stereocenters. The number of methoxy groups -OCH3 is 1. The number of carbonyl (C=O) groups is 1. The predicted octanol–water partition coefficient (Wildman–Crippen LogP) is 2.43. The number of carbonyl (C=O) groups excluding carboxylic acids is 1. The van der Waals surface area contributed by atoms with Gasteiger partial charge in [-0.3, -0.25) is 4.98 Å². The third-order valence-corrected chi connectivity index (χ3v) is 3.57. The Morgan fingerprint density at radius 3 is 2.72 bits per heavy atom. The second-order valence-corrected chi connectivity index (χ2v) is 4.67. The minimum atomic E-state index is -0.389. The molecular weight excluding hydrogens is 298 g/mol. The van der Waals surface area contributed by atoms with Gasteiger partial charge in [0.1, 0.15) is 5.56 Å². The molecule has 0 aliphatic heterocycles. The minimum Gasteiger partial charge on any atom is -0.465 e. The van der Waals surface area contributed by atoms with Crippen molar-refractivity contribution in [3.8, 4) is 5.69 Å². The number of halogens is 1. The molecule has 2 rings (SSSR count). The molecule has 0 amide bonds. The molecule has 0 aromatic carbocycles. The molecule has 0 fully saturated rings. The van der Waals surface area contributed by atoms with Crippen LogP contribution in [0.5, 0.6) is 0 Å². The van der Waals surface area contributed by atoms with Crippen LogP contribution in [0.4, 0.5) is 0 Å². The van der Waals surface area contributed by atoms with Crippen molar-refractivity contribution in [2.75, 3.05) is 7.11 Å². The molecule has 0 saturated carbocycles. The first-order valence-electron chi connectivity index (χ1n) is 5.29. The van der Waals surface area contributed by atoms with Gasteiger partial charge in [-0.2, -0.15) is 5.10 Å². The van der Waals surface area contributed by atoms with Crippen molar-refractivity contribution in [1.82, 2.24) is 14.8 Å². The summed E-state index contributed by atoms with van der Waals surface area (Å²) >= 11 is 3.42. The zero-order valence-corrected chi connectivity index (χ0v) is 11.9. The highest BCUT2D eigenvalue weighted by molar-refractivity contribution is 9.10. The first-order valence-corrected chi connectivity index (χ1v) is 6.09. The summed E-state index contributed by atoms with van der Waals surface area (Å²) in [6.07, 6.45) is 4.93. The van der Waals surface area contributed by atoms with Gasteiger partial charge in [0.15, 0.2) is 0 Å². The smallest absolute Gasteiger partial charge is 0.341 e. The number of aromatic nitrogens is 3. The molecule has 94 valence electrons. The average molecular weight is 310 g/mol. The fourth-order valence-electron chi connectivity index (χ4n) is 1.67. The van der Waals surface area contributed by atoms with E-state index >= 15 is 0 Å². The maximum Gasteiger partial charge on any atom is 0.341 e. The lowest BCUT2D eigenvalue weighted by Gasteiger charge is -2.09. The molecule has 2 aromatic heterocycles. The number of hydrogen-bond donors (Lipinski definition) is 0. The van der Waals surface area contributed by atoms with Crippen LogP contribution in [0, 0.1) is 13.8 Å². The summed E-state index contributed by atoms with van der Waals surface area (Å²) in [5.74, 6) is -0.389. The van der Waals surface area contributed by atoms with Gasteiger partial charge in [-0.25, -0.2) is 9.48 Å². The van der Waals surface area contributed by atoms with Gasteiger partial charge >= 0.3 is 5.97 Å². The Hall–Kier alpha value is -1.69. The number of nitrogens with zero attached hydrogens (tertiary/aromatic N) is 3. The van der Waals surface area contributed by atoms with E-state index in [9.17, 15) is 4.79 Å². The Morgan fingerprint density at radius 2 is 2.06 bits per heavy atom. The monoisotopic (exact) mass is 309 g/mol. The van der Waals surface area contributed by atoms with Crippen LogP contribution >= 0.6 is 15.9 Å². The molecular formula is C12H12BrN3O2. The van der Waals surface area contributed by atoms with Crippen molar-refractivity contribution in [2.45, 2.75) is 13.8 Å². The largest absolute Gasteiger partial charge is 0.465 e. The third kappa shape index (κ3) is 2.03. The van der Waals surface area contributed by atoms with Crippen LogP contribution in [0.3, 0.4) is 0 Å². The zero-order valence-electron chi connectivity index (χ0n) is 10.3. The number of pyridine rings is 1. The molecule has 6 heteroatoms. The van der Waals surface area contributed by atoms with Crippen LogP contribution in [0.15, 0.2) is 23.1 Å². The van der Waals surface area contributed by atoms with E-state index in [1.54, 1.807) is 17.1 Å². The van der Waals surface area contributed by atoms with Gasteiger partial charge in [0, 0.05) is 10.7 Å². The lowest BCUT2D eigenvalue weighted by molar-refractivity contribution is 0.0600. The van der Waals surface area contributed by atoms with Crippen LogP contribution in [0.2, 0.25) is 0 Å². The Balaban J connectivity index is 2.56. The van der Waals surface area contributed by atoms with Gasteiger partial charge in [0.25, 0.3) is 0 Å². The standard InChI is InChI=1S/C12H12BrN3O2/c1-7-10(13)5-14-6-11(7)16-8(2)9(4-15-16)12(17)18-3/h4-6H,1-3H3. The molecule has 0 radical (unpaired) electrons. The van der Waals surface area contributed by atoms with Gasteiger partial charge in [-0.15, -0.1) is 0 Å². The summed E-state index contributed by atoms with van der Waals surface area (Å²) in [5, 5.41) is 4.21. The summed E-state index contributed by atoms with van der Waals surface area (Å²) in [6, 6.07) is 0. The molecule has 18 heavy (non-hydrogen) atoms.